The fourth-order valence-electron chi connectivity index (χ4n) is 4.33. The van der Waals surface area contributed by atoms with E-state index < -0.39 is 6.04 Å². The maximum absolute atomic E-state index is 12.9. The molecule has 6 nitrogen and oxygen atoms in total. The van der Waals surface area contributed by atoms with E-state index in [0.29, 0.717) is 11.3 Å². The number of anilines is 1. The van der Waals surface area contributed by atoms with E-state index in [4.69, 9.17) is 0 Å². The molecule has 0 radical (unpaired) electrons. The maximum atomic E-state index is 12.9. The van der Waals surface area contributed by atoms with Crippen molar-refractivity contribution < 1.29 is 9.59 Å². The van der Waals surface area contributed by atoms with Gasteiger partial charge in [0.1, 0.15) is 6.04 Å². The minimum absolute atomic E-state index is 0.0566. The fourth-order valence-corrected chi connectivity index (χ4v) is 4.33. The van der Waals surface area contributed by atoms with Crippen LogP contribution in [-0.4, -0.2) is 41.5 Å². The van der Waals surface area contributed by atoms with Gasteiger partial charge in [-0.1, -0.05) is 24.3 Å². The number of piperazine rings is 1. The third-order valence-corrected chi connectivity index (χ3v) is 5.36. The van der Waals surface area contributed by atoms with Crippen LogP contribution < -0.4 is 10.2 Å². The second-order valence-corrected chi connectivity index (χ2v) is 6.50. The summed E-state index contributed by atoms with van der Waals surface area (Å²) in [6.07, 6.45) is 0.851. The highest BCUT2D eigenvalue weighted by atomic mass is 16.2. The van der Waals surface area contributed by atoms with Gasteiger partial charge in [0.15, 0.2) is 0 Å². The second-order valence-electron chi connectivity index (χ2n) is 6.50. The lowest BCUT2D eigenvalue weighted by molar-refractivity contribution is -0.120. The Morgan fingerprint density at radius 1 is 1.12 bits per heavy atom. The third kappa shape index (κ3) is 1.52. The molecule has 0 aliphatic carbocycles. The summed E-state index contributed by atoms with van der Waals surface area (Å²) in [5, 5.41) is 14.1. The number of benzene rings is 2. The molecule has 0 saturated carbocycles. The summed E-state index contributed by atoms with van der Waals surface area (Å²) >= 11 is 0. The van der Waals surface area contributed by atoms with Gasteiger partial charge in [-0.05, 0) is 18.6 Å². The van der Waals surface area contributed by atoms with Crippen LogP contribution in [0.2, 0.25) is 0 Å². The van der Waals surface area contributed by atoms with Gasteiger partial charge < -0.3 is 10.2 Å². The topological polar surface area (TPSA) is 76.4 Å². The molecule has 1 N–H and O–H groups in total. The third-order valence-electron chi connectivity index (χ3n) is 5.36. The molecule has 6 heteroatoms. The first-order chi connectivity index (χ1) is 11.7. The van der Waals surface area contributed by atoms with Crippen molar-refractivity contribution in [1.82, 2.24) is 10.2 Å². The van der Waals surface area contributed by atoms with Crippen molar-refractivity contribution in [2.24, 2.45) is 0 Å². The van der Waals surface area contributed by atoms with Gasteiger partial charge in [-0.15, -0.1) is 0 Å². The number of imide groups is 1. The van der Waals surface area contributed by atoms with Crippen molar-refractivity contribution in [1.29, 1.82) is 5.26 Å². The first-order valence-corrected chi connectivity index (χ1v) is 8.02. The van der Waals surface area contributed by atoms with E-state index in [1.54, 1.807) is 17.0 Å². The highest BCUT2D eigenvalue weighted by Crippen LogP contribution is 2.40. The molecule has 3 aliphatic rings. The van der Waals surface area contributed by atoms with Gasteiger partial charge in [0.25, 0.3) is 5.91 Å². The van der Waals surface area contributed by atoms with Crippen molar-refractivity contribution in [3.05, 3.63) is 42.0 Å². The summed E-state index contributed by atoms with van der Waals surface area (Å²) in [6, 6.07) is 12.5. The molecule has 3 atom stereocenters. The Kier molecular flexibility index (Phi) is 2.57. The Morgan fingerprint density at radius 2 is 1.92 bits per heavy atom. The number of urea groups is 1. The molecular weight excluding hydrogens is 304 g/mol. The SMILES string of the molecule is N#Cc1ccc(N2C(=O)[C@@H]3[C@H]4C[C@H](CN4)N3C2=O)c2ccccc12. The monoisotopic (exact) mass is 318 g/mol. The van der Waals surface area contributed by atoms with Gasteiger partial charge in [-0.3, -0.25) is 4.79 Å². The molecular formula is C18H14N4O2. The van der Waals surface area contributed by atoms with Crippen molar-refractivity contribution in [2.45, 2.75) is 24.5 Å². The summed E-state index contributed by atoms with van der Waals surface area (Å²) in [5.41, 5.74) is 1.10. The van der Waals surface area contributed by atoms with E-state index in [0.717, 1.165) is 23.7 Å². The average molecular weight is 318 g/mol. The van der Waals surface area contributed by atoms with Crippen LogP contribution in [0.4, 0.5) is 10.5 Å². The number of carbonyl (C=O) groups is 2. The van der Waals surface area contributed by atoms with Crippen molar-refractivity contribution in [3.63, 3.8) is 0 Å². The van der Waals surface area contributed by atoms with E-state index >= 15 is 0 Å². The van der Waals surface area contributed by atoms with Gasteiger partial charge in [0.2, 0.25) is 0 Å². The highest BCUT2D eigenvalue weighted by molar-refractivity contribution is 6.25. The predicted octanol–water partition coefficient (Wildman–Crippen LogP) is 1.59. The zero-order valence-electron chi connectivity index (χ0n) is 12.8. The van der Waals surface area contributed by atoms with E-state index in [1.807, 2.05) is 24.3 Å². The molecule has 3 amide bonds. The summed E-state index contributed by atoms with van der Waals surface area (Å²) in [6.45, 7) is 0.752. The Morgan fingerprint density at radius 3 is 2.67 bits per heavy atom. The number of rotatable bonds is 1. The summed E-state index contributed by atoms with van der Waals surface area (Å²) in [5.74, 6) is -0.172. The summed E-state index contributed by atoms with van der Waals surface area (Å²) in [4.78, 5) is 28.9. The molecule has 3 fully saturated rings. The molecule has 2 bridgehead atoms. The lowest BCUT2D eigenvalue weighted by atomic mass is 10.0. The van der Waals surface area contributed by atoms with Crippen LogP contribution in [-0.2, 0) is 4.79 Å². The molecule has 3 aliphatic heterocycles. The molecule has 3 saturated heterocycles. The minimum Gasteiger partial charge on any atom is -0.309 e. The van der Waals surface area contributed by atoms with E-state index in [9.17, 15) is 14.9 Å². The quantitative estimate of drug-likeness (QED) is 0.810. The van der Waals surface area contributed by atoms with Crippen LogP contribution >= 0.6 is 0 Å². The molecule has 2 aromatic carbocycles. The molecule has 118 valence electrons. The number of carbonyl (C=O) groups excluding carboxylic acids is 2. The normalized spacial score (nSPS) is 27.9. The minimum atomic E-state index is -0.398. The molecule has 5 rings (SSSR count). The number of fused-ring (bicyclic) bond motifs is 6. The summed E-state index contributed by atoms with van der Waals surface area (Å²) < 4.78 is 0. The Labute approximate surface area is 138 Å². The second kappa shape index (κ2) is 4.56. The zero-order valence-corrected chi connectivity index (χ0v) is 12.8. The molecule has 3 heterocycles. The maximum Gasteiger partial charge on any atom is 0.332 e. The number of nitriles is 1. The molecule has 2 aromatic rings. The first-order valence-electron chi connectivity index (χ1n) is 8.02. The first kappa shape index (κ1) is 13.5. The van der Waals surface area contributed by atoms with Crippen LogP contribution in [0.3, 0.4) is 0 Å². The van der Waals surface area contributed by atoms with Crippen molar-refractivity contribution in [3.8, 4) is 6.07 Å². The summed E-state index contributed by atoms with van der Waals surface area (Å²) in [7, 11) is 0. The molecule has 24 heavy (non-hydrogen) atoms. The molecule has 0 aromatic heterocycles. The smallest absolute Gasteiger partial charge is 0.309 e. The Hall–Kier alpha value is -2.91. The van der Waals surface area contributed by atoms with Gasteiger partial charge in [0.05, 0.1) is 17.3 Å². The van der Waals surface area contributed by atoms with E-state index in [-0.39, 0.29) is 24.0 Å². The van der Waals surface area contributed by atoms with Crippen LogP contribution in [0.5, 0.6) is 0 Å². The molecule has 0 spiro atoms. The van der Waals surface area contributed by atoms with Gasteiger partial charge in [0, 0.05) is 29.4 Å². The average Bonchev–Trinajstić information content (AvgIpc) is 3.28. The van der Waals surface area contributed by atoms with Gasteiger partial charge in [-0.2, -0.15) is 5.26 Å². The number of hydrogen-bond acceptors (Lipinski definition) is 4. The van der Waals surface area contributed by atoms with Crippen molar-refractivity contribution in [2.75, 3.05) is 11.4 Å². The van der Waals surface area contributed by atoms with Crippen LogP contribution in [0.1, 0.15) is 12.0 Å². The Balaban J connectivity index is 1.68. The Bertz CT molecular complexity index is 920. The van der Waals surface area contributed by atoms with Crippen LogP contribution in [0.15, 0.2) is 36.4 Å². The fraction of sp³-hybridized carbons (Fsp3) is 0.278. The van der Waals surface area contributed by atoms with Crippen molar-refractivity contribution >= 4 is 28.4 Å². The van der Waals surface area contributed by atoms with Crippen LogP contribution in [0.25, 0.3) is 10.8 Å². The standard InChI is InChI=1S/C18H14N4O2/c19-8-10-5-6-15(13-4-2-1-3-12(10)13)22-17(23)16-14-7-11(9-20-14)21(16)18(22)24/h1-6,11,14,16,20H,7,9H2/t11-,14-,16+/m1/s1. The van der Waals surface area contributed by atoms with Gasteiger partial charge >= 0.3 is 6.03 Å². The lowest BCUT2D eigenvalue weighted by Gasteiger charge is -2.26. The number of nitrogens with one attached hydrogen (secondary N) is 1. The van der Waals surface area contributed by atoms with E-state index in [1.165, 1.54) is 4.90 Å². The largest absolute Gasteiger partial charge is 0.332 e. The zero-order chi connectivity index (χ0) is 16.4. The van der Waals surface area contributed by atoms with E-state index in [2.05, 4.69) is 11.4 Å². The highest BCUT2D eigenvalue weighted by Gasteiger charge is 2.59. The molecule has 0 unspecified atom stereocenters. The lowest BCUT2D eigenvalue weighted by Crippen LogP contribution is -2.51. The predicted molar refractivity (Wildman–Crippen MR) is 87.4 cm³/mol. The number of nitrogens with zero attached hydrogens (tertiary/aromatic N) is 3. The van der Waals surface area contributed by atoms with Crippen LogP contribution in [0, 0.1) is 11.3 Å². The number of hydrogen-bond donors (Lipinski definition) is 1. The van der Waals surface area contributed by atoms with Gasteiger partial charge in [-0.25, -0.2) is 9.69 Å². The number of amides is 3.